The third kappa shape index (κ3) is 2.13. The highest BCUT2D eigenvalue weighted by atomic mass is 16.5. The third-order valence-electron chi connectivity index (χ3n) is 3.11. The second kappa shape index (κ2) is 5.02. The molecule has 0 aliphatic carbocycles. The van der Waals surface area contributed by atoms with Crippen LogP contribution in [0.3, 0.4) is 0 Å². The Morgan fingerprint density at radius 3 is 2.74 bits per heavy atom. The fraction of sp³-hybridized carbons (Fsp3) is 0.286. The first-order valence-electron chi connectivity index (χ1n) is 6.03. The number of hydrogen-bond acceptors (Lipinski definition) is 4. The summed E-state index contributed by atoms with van der Waals surface area (Å²) in [5.74, 6) is 2.04. The van der Waals surface area contributed by atoms with Crippen molar-refractivity contribution in [3.63, 3.8) is 0 Å². The Labute approximate surface area is 112 Å². The maximum absolute atomic E-state index is 9.11. The number of benzene rings is 1. The van der Waals surface area contributed by atoms with E-state index in [4.69, 9.17) is 15.7 Å². The lowest BCUT2D eigenvalue weighted by molar-refractivity contribution is 0.413. The van der Waals surface area contributed by atoms with Crippen molar-refractivity contribution < 1.29 is 4.74 Å². The number of rotatable bonds is 3. The number of hydrogen-bond donors (Lipinski definition) is 1. The Morgan fingerprint density at radius 2 is 2.21 bits per heavy atom. The zero-order valence-electron chi connectivity index (χ0n) is 11.3. The third-order valence-corrected chi connectivity index (χ3v) is 3.11. The van der Waals surface area contributed by atoms with E-state index < -0.39 is 0 Å². The van der Waals surface area contributed by atoms with E-state index >= 15 is 0 Å². The number of nitrogen functional groups attached to an aromatic ring is 1. The lowest BCUT2D eigenvalue weighted by atomic mass is 10.1. The Morgan fingerprint density at radius 1 is 1.47 bits per heavy atom. The predicted octanol–water partition coefficient (Wildman–Crippen LogP) is 2.34. The number of nitrogens with two attached hydrogens (primary N) is 1. The van der Waals surface area contributed by atoms with Gasteiger partial charge in [0.2, 0.25) is 0 Å². The summed E-state index contributed by atoms with van der Waals surface area (Å²) in [5, 5.41) is 9.11. The standard InChI is InChI=1S/C14H16N4O/c1-4-18-9(2)17-13(14(18)16)10-5-6-12(19-3)11(7-10)8-15/h5-7H,4,16H2,1-3H3. The van der Waals surface area contributed by atoms with Crippen LogP contribution >= 0.6 is 0 Å². The van der Waals surface area contributed by atoms with Crippen molar-refractivity contribution >= 4 is 5.82 Å². The SMILES string of the molecule is CCn1c(C)nc(-c2ccc(OC)c(C#N)c2)c1N. The second-order valence-electron chi connectivity index (χ2n) is 4.16. The maximum Gasteiger partial charge on any atom is 0.136 e. The molecule has 1 heterocycles. The van der Waals surface area contributed by atoms with Gasteiger partial charge in [-0.25, -0.2) is 4.98 Å². The van der Waals surface area contributed by atoms with E-state index in [0.29, 0.717) is 22.8 Å². The normalized spacial score (nSPS) is 10.2. The summed E-state index contributed by atoms with van der Waals surface area (Å²) in [4.78, 5) is 4.47. The van der Waals surface area contributed by atoms with Crippen LogP contribution in [-0.2, 0) is 6.54 Å². The molecule has 0 spiro atoms. The highest BCUT2D eigenvalue weighted by Crippen LogP contribution is 2.29. The van der Waals surface area contributed by atoms with Gasteiger partial charge in [-0.3, -0.25) is 0 Å². The van der Waals surface area contributed by atoms with Crippen LogP contribution in [0.15, 0.2) is 18.2 Å². The molecule has 98 valence electrons. The van der Waals surface area contributed by atoms with E-state index in [1.54, 1.807) is 19.2 Å². The maximum atomic E-state index is 9.11. The molecule has 5 heteroatoms. The monoisotopic (exact) mass is 256 g/mol. The summed E-state index contributed by atoms with van der Waals surface area (Å²) in [6, 6.07) is 7.47. The van der Waals surface area contributed by atoms with E-state index in [-0.39, 0.29) is 0 Å². The molecular weight excluding hydrogens is 240 g/mol. The molecule has 0 aliphatic rings. The number of methoxy groups -OCH3 is 1. The van der Waals surface area contributed by atoms with Crippen molar-refractivity contribution in [1.82, 2.24) is 9.55 Å². The molecule has 0 fully saturated rings. The van der Waals surface area contributed by atoms with Crippen LogP contribution in [0.25, 0.3) is 11.3 Å². The van der Waals surface area contributed by atoms with Crippen LogP contribution in [0.4, 0.5) is 5.82 Å². The van der Waals surface area contributed by atoms with Crippen molar-refractivity contribution in [2.45, 2.75) is 20.4 Å². The van der Waals surface area contributed by atoms with E-state index in [9.17, 15) is 0 Å². The van der Waals surface area contributed by atoms with Gasteiger partial charge < -0.3 is 15.0 Å². The molecule has 0 amide bonds. The molecule has 2 N–H and O–H groups in total. The van der Waals surface area contributed by atoms with Gasteiger partial charge in [-0.15, -0.1) is 0 Å². The molecule has 0 radical (unpaired) electrons. The van der Waals surface area contributed by atoms with E-state index in [1.807, 2.05) is 24.5 Å². The molecule has 1 aromatic carbocycles. The number of nitriles is 1. The molecule has 0 atom stereocenters. The topological polar surface area (TPSA) is 76.9 Å². The molecule has 0 saturated carbocycles. The molecular formula is C14H16N4O. The van der Waals surface area contributed by atoms with Crippen LogP contribution in [-0.4, -0.2) is 16.7 Å². The number of nitrogens with zero attached hydrogens (tertiary/aromatic N) is 3. The average Bonchev–Trinajstić information content (AvgIpc) is 2.72. The number of aryl methyl sites for hydroxylation is 1. The summed E-state index contributed by atoms with van der Waals surface area (Å²) in [5.41, 5.74) is 8.10. The lowest BCUT2D eigenvalue weighted by Crippen LogP contribution is -2.02. The summed E-state index contributed by atoms with van der Waals surface area (Å²) in [6.07, 6.45) is 0. The minimum atomic E-state index is 0.475. The molecule has 2 aromatic rings. The summed E-state index contributed by atoms with van der Waals surface area (Å²) >= 11 is 0. The summed E-state index contributed by atoms with van der Waals surface area (Å²) < 4.78 is 7.06. The zero-order chi connectivity index (χ0) is 14.0. The minimum absolute atomic E-state index is 0.475. The van der Waals surface area contributed by atoms with Gasteiger partial charge in [0.25, 0.3) is 0 Å². The van der Waals surface area contributed by atoms with Crippen molar-refractivity contribution in [3.05, 3.63) is 29.6 Å². The Hall–Kier alpha value is -2.48. The highest BCUT2D eigenvalue weighted by molar-refractivity contribution is 5.73. The van der Waals surface area contributed by atoms with Crippen molar-refractivity contribution in [2.24, 2.45) is 0 Å². The van der Waals surface area contributed by atoms with Crippen LogP contribution in [0.5, 0.6) is 5.75 Å². The van der Waals surface area contributed by atoms with Gasteiger partial charge in [-0.1, -0.05) is 0 Å². The number of anilines is 1. The second-order valence-corrected chi connectivity index (χ2v) is 4.16. The van der Waals surface area contributed by atoms with E-state index in [0.717, 1.165) is 17.9 Å². The average molecular weight is 256 g/mol. The van der Waals surface area contributed by atoms with Crippen molar-refractivity contribution in [3.8, 4) is 23.1 Å². The molecule has 1 aromatic heterocycles. The number of ether oxygens (including phenoxy) is 1. The summed E-state index contributed by atoms with van der Waals surface area (Å²) in [6.45, 7) is 4.70. The van der Waals surface area contributed by atoms with Crippen LogP contribution in [0.1, 0.15) is 18.3 Å². The molecule has 2 rings (SSSR count). The predicted molar refractivity (Wildman–Crippen MR) is 73.8 cm³/mol. The zero-order valence-corrected chi connectivity index (χ0v) is 11.3. The molecule has 0 aliphatic heterocycles. The molecule has 0 saturated heterocycles. The molecule has 0 unspecified atom stereocenters. The Balaban J connectivity index is 2.57. The van der Waals surface area contributed by atoms with Crippen LogP contribution in [0, 0.1) is 18.3 Å². The van der Waals surface area contributed by atoms with Gasteiger partial charge in [0.05, 0.1) is 12.7 Å². The number of aromatic nitrogens is 2. The minimum Gasteiger partial charge on any atom is -0.495 e. The van der Waals surface area contributed by atoms with Gasteiger partial charge in [0.1, 0.15) is 29.2 Å². The fourth-order valence-electron chi connectivity index (χ4n) is 2.14. The van der Waals surface area contributed by atoms with Crippen LogP contribution in [0.2, 0.25) is 0 Å². The first-order valence-corrected chi connectivity index (χ1v) is 6.03. The quantitative estimate of drug-likeness (QED) is 0.914. The van der Waals surface area contributed by atoms with Crippen molar-refractivity contribution in [2.75, 3.05) is 12.8 Å². The fourth-order valence-corrected chi connectivity index (χ4v) is 2.14. The van der Waals surface area contributed by atoms with Crippen molar-refractivity contribution in [1.29, 1.82) is 5.26 Å². The largest absolute Gasteiger partial charge is 0.495 e. The lowest BCUT2D eigenvalue weighted by Gasteiger charge is -2.06. The molecule has 5 nitrogen and oxygen atoms in total. The molecule has 0 bridgehead atoms. The first kappa shape index (κ1) is 13.0. The van der Waals surface area contributed by atoms with Gasteiger partial charge in [0, 0.05) is 12.1 Å². The Bertz CT molecular complexity index is 652. The smallest absolute Gasteiger partial charge is 0.136 e. The van der Waals surface area contributed by atoms with E-state index in [1.165, 1.54) is 0 Å². The molecule has 19 heavy (non-hydrogen) atoms. The highest BCUT2D eigenvalue weighted by Gasteiger charge is 2.14. The van der Waals surface area contributed by atoms with Gasteiger partial charge in [0.15, 0.2) is 0 Å². The number of imidazole rings is 1. The van der Waals surface area contributed by atoms with Gasteiger partial charge in [-0.05, 0) is 32.0 Å². The Kier molecular flexibility index (Phi) is 3.43. The van der Waals surface area contributed by atoms with Crippen LogP contribution < -0.4 is 10.5 Å². The van der Waals surface area contributed by atoms with Gasteiger partial charge in [-0.2, -0.15) is 5.26 Å². The summed E-state index contributed by atoms with van der Waals surface area (Å²) in [7, 11) is 1.54. The first-order chi connectivity index (χ1) is 9.12. The van der Waals surface area contributed by atoms with E-state index in [2.05, 4.69) is 11.1 Å². The van der Waals surface area contributed by atoms with Gasteiger partial charge >= 0.3 is 0 Å².